The van der Waals surface area contributed by atoms with Crippen LogP contribution in [0.4, 0.5) is 0 Å². The molecule has 2 aromatic heterocycles. The maximum absolute atomic E-state index is 10.6. The van der Waals surface area contributed by atoms with Crippen LogP contribution in [0, 0.1) is 5.92 Å². The van der Waals surface area contributed by atoms with Gasteiger partial charge in [0, 0.05) is 24.7 Å². The number of rotatable bonds is 7. The molecule has 132 valence electrons. The number of aliphatic carboxylic acids is 1. The molecule has 1 aliphatic heterocycles. The van der Waals surface area contributed by atoms with Gasteiger partial charge in [0.05, 0.1) is 19.0 Å². The van der Waals surface area contributed by atoms with Crippen molar-refractivity contribution in [1.29, 1.82) is 0 Å². The van der Waals surface area contributed by atoms with Gasteiger partial charge in [-0.15, -0.1) is 0 Å². The first-order valence-corrected chi connectivity index (χ1v) is 8.31. The van der Waals surface area contributed by atoms with E-state index in [1.165, 1.54) is 0 Å². The average Bonchev–Trinajstić information content (AvgIpc) is 3.17. The van der Waals surface area contributed by atoms with E-state index in [1.807, 2.05) is 30.4 Å². The van der Waals surface area contributed by atoms with Crippen molar-refractivity contribution >= 4 is 5.97 Å². The number of aromatic nitrogens is 1. The zero-order chi connectivity index (χ0) is 17.5. The maximum Gasteiger partial charge on any atom is 0.303 e. The molecule has 3 atom stereocenters. The first-order chi connectivity index (χ1) is 12.2. The molecule has 1 fully saturated rings. The lowest BCUT2D eigenvalue weighted by Crippen LogP contribution is -2.30. The fraction of sp³-hybridized carbons (Fsp3) is 0.368. The Balaban J connectivity index is 1.67. The third-order valence-corrected chi connectivity index (χ3v) is 4.08. The summed E-state index contributed by atoms with van der Waals surface area (Å²) in [7, 11) is 0. The third kappa shape index (κ3) is 4.78. The van der Waals surface area contributed by atoms with E-state index in [0.29, 0.717) is 18.8 Å². The molecule has 25 heavy (non-hydrogen) atoms. The Labute approximate surface area is 146 Å². The highest BCUT2D eigenvalue weighted by atomic mass is 16.7. The molecule has 3 heterocycles. The first kappa shape index (κ1) is 17.4. The van der Waals surface area contributed by atoms with Gasteiger partial charge in [0.15, 0.2) is 5.76 Å². The molecule has 3 rings (SSSR count). The van der Waals surface area contributed by atoms with E-state index < -0.39 is 12.3 Å². The van der Waals surface area contributed by atoms with Crippen molar-refractivity contribution < 1.29 is 23.8 Å². The van der Waals surface area contributed by atoms with Gasteiger partial charge in [-0.2, -0.15) is 0 Å². The van der Waals surface area contributed by atoms with Crippen LogP contribution < -0.4 is 0 Å². The highest BCUT2D eigenvalue weighted by Gasteiger charge is 2.34. The third-order valence-electron chi connectivity index (χ3n) is 4.08. The van der Waals surface area contributed by atoms with Crippen LogP contribution in [-0.2, 0) is 14.3 Å². The molecule has 0 aromatic carbocycles. The summed E-state index contributed by atoms with van der Waals surface area (Å²) in [5.74, 6) is -0.0238. The normalized spacial score (nSPS) is 23.8. The number of allylic oxidation sites excluding steroid dienone is 2. The number of furan rings is 1. The van der Waals surface area contributed by atoms with E-state index >= 15 is 0 Å². The lowest BCUT2D eigenvalue weighted by atomic mass is 9.93. The van der Waals surface area contributed by atoms with Crippen molar-refractivity contribution in [3.8, 4) is 0 Å². The summed E-state index contributed by atoms with van der Waals surface area (Å²) in [4.78, 5) is 14.7. The minimum absolute atomic E-state index is 0.122. The van der Waals surface area contributed by atoms with E-state index in [2.05, 4.69) is 4.98 Å². The minimum Gasteiger partial charge on any atom is -0.481 e. The van der Waals surface area contributed by atoms with E-state index in [-0.39, 0.29) is 18.4 Å². The Bertz CT molecular complexity index is 683. The summed E-state index contributed by atoms with van der Waals surface area (Å²) in [6.45, 7) is 0.522. The molecule has 1 N–H and O–H groups in total. The monoisotopic (exact) mass is 343 g/mol. The number of hydrogen-bond donors (Lipinski definition) is 1. The number of carboxylic acids is 1. The summed E-state index contributed by atoms with van der Waals surface area (Å²) in [6, 6.07) is 7.51. The molecule has 0 amide bonds. The molecule has 0 saturated carbocycles. The van der Waals surface area contributed by atoms with Crippen molar-refractivity contribution in [3.63, 3.8) is 0 Å². The predicted molar refractivity (Wildman–Crippen MR) is 89.6 cm³/mol. The molecule has 2 aromatic rings. The number of ether oxygens (including phenoxy) is 2. The fourth-order valence-electron chi connectivity index (χ4n) is 2.84. The molecular weight excluding hydrogens is 322 g/mol. The van der Waals surface area contributed by atoms with Gasteiger partial charge in [-0.25, -0.2) is 0 Å². The van der Waals surface area contributed by atoms with Gasteiger partial charge in [-0.3, -0.25) is 9.78 Å². The molecule has 1 aliphatic rings. The van der Waals surface area contributed by atoms with Crippen LogP contribution in [0.2, 0.25) is 0 Å². The quantitative estimate of drug-likeness (QED) is 0.768. The Morgan fingerprint density at radius 1 is 1.32 bits per heavy atom. The van der Waals surface area contributed by atoms with Gasteiger partial charge >= 0.3 is 5.97 Å². The lowest BCUT2D eigenvalue weighted by molar-refractivity contribution is -0.250. The van der Waals surface area contributed by atoms with Gasteiger partial charge in [-0.05, 0) is 36.6 Å². The largest absolute Gasteiger partial charge is 0.481 e. The molecule has 0 unspecified atom stereocenters. The molecule has 6 heteroatoms. The van der Waals surface area contributed by atoms with E-state index in [4.69, 9.17) is 19.0 Å². The molecule has 6 nitrogen and oxygen atoms in total. The van der Waals surface area contributed by atoms with Crippen molar-refractivity contribution in [2.45, 2.75) is 31.7 Å². The van der Waals surface area contributed by atoms with E-state index in [1.54, 1.807) is 24.7 Å². The number of hydrogen-bond acceptors (Lipinski definition) is 5. The maximum atomic E-state index is 10.6. The highest BCUT2D eigenvalue weighted by molar-refractivity contribution is 5.66. The van der Waals surface area contributed by atoms with Gasteiger partial charge < -0.3 is 19.0 Å². The number of carboxylic acid groups (broad SMARTS) is 1. The van der Waals surface area contributed by atoms with Gasteiger partial charge in [0.25, 0.3) is 0 Å². The van der Waals surface area contributed by atoms with Crippen LogP contribution in [-0.4, -0.2) is 22.7 Å². The van der Waals surface area contributed by atoms with Gasteiger partial charge in [-0.1, -0.05) is 18.2 Å². The van der Waals surface area contributed by atoms with Crippen LogP contribution in [0.1, 0.15) is 43.0 Å². The molecule has 0 aliphatic carbocycles. The van der Waals surface area contributed by atoms with Crippen molar-refractivity contribution in [2.75, 3.05) is 6.61 Å². The Kier molecular flexibility index (Phi) is 5.98. The summed E-state index contributed by atoms with van der Waals surface area (Å²) >= 11 is 0. The Morgan fingerprint density at radius 3 is 2.96 bits per heavy atom. The van der Waals surface area contributed by atoms with Crippen LogP contribution >= 0.6 is 0 Å². The van der Waals surface area contributed by atoms with Crippen molar-refractivity contribution in [3.05, 3.63) is 66.4 Å². The standard InChI is InChI=1S/C19H21NO5/c21-17(22)9-3-1-2-6-15-13-24-19(16-8-5-11-23-16)25-18(15)14-7-4-10-20-12-14/h1-2,4-5,7-8,10-12,15,18-19H,3,6,9,13H2,(H,21,22)/b2-1-/t15-,18-,19+/m0/s1. The molecular formula is C19H21NO5. The highest BCUT2D eigenvalue weighted by Crippen LogP contribution is 2.39. The van der Waals surface area contributed by atoms with Crippen LogP contribution in [0.25, 0.3) is 0 Å². The number of carbonyl (C=O) groups is 1. The predicted octanol–water partition coefficient (Wildman–Crippen LogP) is 3.89. The summed E-state index contributed by atoms with van der Waals surface area (Å²) in [5.41, 5.74) is 0.992. The summed E-state index contributed by atoms with van der Waals surface area (Å²) in [6.07, 6.45) is 9.72. The molecule has 0 bridgehead atoms. The average molecular weight is 343 g/mol. The number of nitrogens with zero attached hydrogens (tertiary/aromatic N) is 1. The minimum atomic E-state index is -0.788. The van der Waals surface area contributed by atoms with E-state index in [0.717, 1.165) is 12.0 Å². The second-order valence-corrected chi connectivity index (χ2v) is 5.92. The van der Waals surface area contributed by atoms with Gasteiger partial charge in [0.2, 0.25) is 6.29 Å². The Hall–Kier alpha value is -2.44. The summed E-state index contributed by atoms with van der Waals surface area (Å²) < 4.78 is 17.4. The first-order valence-electron chi connectivity index (χ1n) is 8.31. The molecule has 0 radical (unpaired) electrons. The molecule has 1 saturated heterocycles. The SMILES string of the molecule is O=C(O)CC/C=C\C[C@H]1CO[C@@H](c2ccco2)O[C@H]1c1cccnc1. The lowest BCUT2D eigenvalue weighted by Gasteiger charge is -2.35. The second-order valence-electron chi connectivity index (χ2n) is 5.92. The topological polar surface area (TPSA) is 81.8 Å². The van der Waals surface area contributed by atoms with Crippen molar-refractivity contribution in [2.24, 2.45) is 5.92 Å². The van der Waals surface area contributed by atoms with Crippen LogP contribution in [0.5, 0.6) is 0 Å². The van der Waals surface area contributed by atoms with Crippen LogP contribution in [0.3, 0.4) is 0 Å². The Morgan fingerprint density at radius 2 is 2.24 bits per heavy atom. The molecule has 0 spiro atoms. The smallest absolute Gasteiger partial charge is 0.303 e. The van der Waals surface area contributed by atoms with Crippen LogP contribution in [0.15, 0.2) is 59.5 Å². The summed E-state index contributed by atoms with van der Waals surface area (Å²) in [5, 5.41) is 8.68. The van der Waals surface area contributed by atoms with Gasteiger partial charge in [0.1, 0.15) is 0 Å². The second kappa shape index (κ2) is 8.60. The zero-order valence-corrected chi connectivity index (χ0v) is 13.8. The van der Waals surface area contributed by atoms with Crippen molar-refractivity contribution in [1.82, 2.24) is 4.98 Å². The fourth-order valence-corrected chi connectivity index (χ4v) is 2.84. The zero-order valence-electron chi connectivity index (χ0n) is 13.8. The van der Waals surface area contributed by atoms with E-state index in [9.17, 15) is 4.79 Å². The number of pyridine rings is 1.